The van der Waals surface area contributed by atoms with E-state index in [2.05, 4.69) is 11.0 Å². The Bertz CT molecular complexity index is 807. The molecule has 3 aliphatic carbocycles. The van der Waals surface area contributed by atoms with E-state index in [1.165, 1.54) is 11.1 Å². The molecule has 0 aromatic heterocycles. The van der Waals surface area contributed by atoms with Crippen LogP contribution < -0.4 is 9.47 Å². The zero-order valence-electron chi connectivity index (χ0n) is 15.0. The maximum absolute atomic E-state index is 15.0. The van der Waals surface area contributed by atoms with E-state index in [1.54, 1.807) is 7.11 Å². The Hall–Kier alpha value is -1.78. The Kier molecular flexibility index (Phi) is 2.90. The summed E-state index contributed by atoms with van der Waals surface area (Å²) in [5, 5.41) is 0. The first kappa shape index (κ1) is 15.3. The summed E-state index contributed by atoms with van der Waals surface area (Å²) in [6.07, 6.45) is 3.76. The molecule has 1 aromatic carbocycles. The lowest BCUT2D eigenvalue weighted by Crippen LogP contribution is -2.67. The summed E-state index contributed by atoms with van der Waals surface area (Å²) in [6.45, 7) is 0.735. The second kappa shape index (κ2) is 4.93. The highest BCUT2D eigenvalue weighted by Gasteiger charge is 2.66. The number of likely N-dealkylation sites (tertiary alicyclic amines) is 1. The fourth-order valence-corrected chi connectivity index (χ4v) is 6.47. The second-order valence-corrected chi connectivity index (χ2v) is 8.74. The van der Waals surface area contributed by atoms with Crippen LogP contribution in [0.5, 0.6) is 11.5 Å². The summed E-state index contributed by atoms with van der Waals surface area (Å²) in [5.41, 5.74) is 2.15. The minimum Gasteiger partial charge on any atom is -0.493 e. The van der Waals surface area contributed by atoms with Crippen LogP contribution in [0.25, 0.3) is 0 Å². The number of piperidine rings is 1. The summed E-state index contributed by atoms with van der Waals surface area (Å²) < 4.78 is 26.8. The van der Waals surface area contributed by atoms with Gasteiger partial charge in [0, 0.05) is 29.5 Å². The molecule has 3 fully saturated rings. The van der Waals surface area contributed by atoms with Gasteiger partial charge in [0.25, 0.3) is 0 Å². The number of alkyl halides is 1. The third kappa shape index (κ3) is 1.68. The number of halogens is 1. The van der Waals surface area contributed by atoms with Crippen LogP contribution >= 0.6 is 0 Å². The molecule has 0 N–H and O–H groups in total. The number of rotatable bonds is 2. The molecular weight excluding hydrogens is 333 g/mol. The van der Waals surface area contributed by atoms with Gasteiger partial charge in [0.2, 0.25) is 5.91 Å². The zero-order valence-corrected chi connectivity index (χ0v) is 15.0. The van der Waals surface area contributed by atoms with E-state index in [4.69, 9.17) is 9.47 Å². The standard InChI is InChI=1S/C21H24FNO3/c1-25-16-7-4-12-10-15-13-5-6-14(22)19-21(13,17(12)18(16)26-19)8-9-23(15)20(24)11-2-3-11/h4,7,11,13-15,19H,2-3,5-6,8-10H2,1H3/t13?,14?,15-,19+,21?/m0/s1. The molecule has 2 heterocycles. The van der Waals surface area contributed by atoms with Crippen molar-refractivity contribution in [2.75, 3.05) is 13.7 Å². The molecule has 4 nitrogen and oxygen atoms in total. The molecule has 2 bridgehead atoms. The summed E-state index contributed by atoms with van der Waals surface area (Å²) >= 11 is 0. The van der Waals surface area contributed by atoms with Crippen molar-refractivity contribution in [3.63, 3.8) is 0 Å². The lowest BCUT2D eigenvalue weighted by atomic mass is 9.51. The maximum Gasteiger partial charge on any atom is 0.225 e. The van der Waals surface area contributed by atoms with Crippen molar-refractivity contribution in [3.8, 4) is 11.5 Å². The number of amides is 1. The van der Waals surface area contributed by atoms with Gasteiger partial charge in [0.05, 0.1) is 7.11 Å². The number of hydrogen-bond donors (Lipinski definition) is 0. The summed E-state index contributed by atoms with van der Waals surface area (Å²) in [7, 11) is 1.65. The molecule has 1 aromatic rings. The van der Waals surface area contributed by atoms with Crippen molar-refractivity contribution in [2.24, 2.45) is 11.8 Å². The summed E-state index contributed by atoms with van der Waals surface area (Å²) in [5.74, 6) is 2.36. The van der Waals surface area contributed by atoms with Gasteiger partial charge in [-0.3, -0.25) is 4.79 Å². The van der Waals surface area contributed by atoms with E-state index < -0.39 is 12.3 Å². The maximum atomic E-state index is 15.0. The van der Waals surface area contributed by atoms with Crippen LogP contribution in [0.3, 0.4) is 0 Å². The number of hydrogen-bond acceptors (Lipinski definition) is 3. The Balaban J connectivity index is 1.53. The minimum atomic E-state index is -0.944. The highest BCUT2D eigenvalue weighted by atomic mass is 19.1. The van der Waals surface area contributed by atoms with E-state index in [1.807, 2.05) is 6.07 Å². The van der Waals surface area contributed by atoms with Crippen LogP contribution in [0.4, 0.5) is 4.39 Å². The molecule has 5 heteroatoms. The van der Waals surface area contributed by atoms with E-state index in [0.29, 0.717) is 24.0 Å². The van der Waals surface area contributed by atoms with Gasteiger partial charge in [0.15, 0.2) is 11.5 Å². The molecule has 138 valence electrons. The van der Waals surface area contributed by atoms with Gasteiger partial charge < -0.3 is 14.4 Å². The van der Waals surface area contributed by atoms with Gasteiger partial charge in [-0.25, -0.2) is 4.39 Å². The first-order valence-corrected chi connectivity index (χ1v) is 9.96. The molecule has 2 aliphatic heterocycles. The predicted molar refractivity (Wildman–Crippen MR) is 93.3 cm³/mol. The Morgan fingerprint density at radius 1 is 1.31 bits per heavy atom. The average Bonchev–Trinajstić information content (AvgIpc) is 3.43. The van der Waals surface area contributed by atoms with Gasteiger partial charge in [-0.15, -0.1) is 0 Å². The van der Waals surface area contributed by atoms with Crippen LogP contribution in [0.2, 0.25) is 0 Å². The van der Waals surface area contributed by atoms with E-state index in [0.717, 1.165) is 44.4 Å². The average molecular weight is 357 g/mol. The molecule has 1 spiro atoms. The van der Waals surface area contributed by atoms with Crippen LogP contribution in [0.15, 0.2) is 12.1 Å². The number of benzene rings is 1. The molecule has 0 radical (unpaired) electrons. The number of ether oxygens (including phenoxy) is 2. The zero-order chi connectivity index (χ0) is 17.6. The molecule has 1 amide bonds. The monoisotopic (exact) mass is 357 g/mol. The van der Waals surface area contributed by atoms with Crippen molar-refractivity contribution in [2.45, 2.75) is 62.3 Å². The van der Waals surface area contributed by atoms with Gasteiger partial charge in [-0.1, -0.05) is 6.07 Å². The highest BCUT2D eigenvalue weighted by Crippen LogP contribution is 2.64. The molecule has 6 rings (SSSR count). The topological polar surface area (TPSA) is 38.8 Å². The van der Waals surface area contributed by atoms with Crippen molar-refractivity contribution < 1.29 is 18.7 Å². The molecular formula is C21H24FNO3. The van der Waals surface area contributed by atoms with Crippen molar-refractivity contribution in [3.05, 3.63) is 23.3 Å². The van der Waals surface area contributed by atoms with Crippen molar-refractivity contribution >= 4 is 5.91 Å². The normalized spacial score (nSPS) is 39.2. The van der Waals surface area contributed by atoms with E-state index in [9.17, 15) is 9.18 Å². The van der Waals surface area contributed by atoms with Crippen LogP contribution in [0.1, 0.15) is 43.2 Å². The third-order valence-corrected chi connectivity index (χ3v) is 7.66. The van der Waals surface area contributed by atoms with Gasteiger partial charge >= 0.3 is 0 Å². The Morgan fingerprint density at radius 2 is 2.15 bits per heavy atom. The van der Waals surface area contributed by atoms with Crippen molar-refractivity contribution in [1.82, 2.24) is 4.90 Å². The number of nitrogens with zero attached hydrogens (tertiary/aromatic N) is 1. The summed E-state index contributed by atoms with van der Waals surface area (Å²) in [4.78, 5) is 15.1. The molecule has 3 unspecified atom stereocenters. The second-order valence-electron chi connectivity index (χ2n) is 8.74. The predicted octanol–water partition coefficient (Wildman–Crippen LogP) is 3.01. The SMILES string of the molecule is COc1ccc2c3c1O[C@@H]1C(F)CCC4[C@H](C2)N(C(=O)C2CC2)CCC341. The third-order valence-electron chi connectivity index (χ3n) is 7.66. The van der Waals surface area contributed by atoms with Gasteiger partial charge in [-0.2, -0.15) is 0 Å². The summed E-state index contributed by atoms with van der Waals surface area (Å²) in [6, 6.07) is 4.25. The van der Waals surface area contributed by atoms with Gasteiger partial charge in [-0.05, 0) is 56.1 Å². The molecule has 1 saturated heterocycles. The smallest absolute Gasteiger partial charge is 0.225 e. The minimum absolute atomic E-state index is 0.197. The first-order chi connectivity index (χ1) is 12.6. The quantitative estimate of drug-likeness (QED) is 0.817. The largest absolute Gasteiger partial charge is 0.493 e. The number of carbonyl (C=O) groups excluding carboxylic acids is 1. The Labute approximate surface area is 152 Å². The van der Waals surface area contributed by atoms with Crippen LogP contribution in [-0.2, 0) is 16.6 Å². The molecule has 2 saturated carbocycles. The Morgan fingerprint density at radius 3 is 2.92 bits per heavy atom. The van der Waals surface area contributed by atoms with Crippen LogP contribution in [0, 0.1) is 11.8 Å². The molecule has 5 aliphatic rings. The van der Waals surface area contributed by atoms with E-state index in [-0.39, 0.29) is 17.4 Å². The fraction of sp³-hybridized carbons (Fsp3) is 0.667. The lowest BCUT2D eigenvalue weighted by Gasteiger charge is -2.58. The fourth-order valence-electron chi connectivity index (χ4n) is 6.47. The lowest BCUT2D eigenvalue weighted by molar-refractivity contribution is -0.146. The highest BCUT2D eigenvalue weighted by molar-refractivity contribution is 5.82. The number of carbonyl (C=O) groups is 1. The van der Waals surface area contributed by atoms with E-state index >= 15 is 0 Å². The molecule has 5 atom stereocenters. The number of methoxy groups -OCH3 is 1. The van der Waals surface area contributed by atoms with Gasteiger partial charge in [0.1, 0.15) is 12.3 Å². The molecule has 26 heavy (non-hydrogen) atoms. The van der Waals surface area contributed by atoms with Crippen LogP contribution in [-0.4, -0.2) is 42.8 Å². The van der Waals surface area contributed by atoms with Crippen molar-refractivity contribution in [1.29, 1.82) is 0 Å². The first-order valence-electron chi connectivity index (χ1n) is 9.96.